The van der Waals surface area contributed by atoms with Crippen LogP contribution in [-0.2, 0) is 4.74 Å². The van der Waals surface area contributed by atoms with Crippen molar-refractivity contribution in [1.82, 2.24) is 4.90 Å². The lowest BCUT2D eigenvalue weighted by molar-refractivity contribution is 0.105. The largest absolute Gasteiger partial charge is 0.373 e. The zero-order chi connectivity index (χ0) is 13.7. The minimum atomic E-state index is -0.544. The van der Waals surface area contributed by atoms with Crippen molar-refractivity contribution in [3.63, 3.8) is 0 Å². The molecule has 1 aromatic carbocycles. The maximum Gasteiger partial charge on any atom is 0.131 e. The van der Waals surface area contributed by atoms with E-state index in [4.69, 9.17) is 4.74 Å². The lowest BCUT2D eigenvalue weighted by Crippen LogP contribution is -1.99. The monoisotopic (exact) mass is 257 g/mol. The van der Waals surface area contributed by atoms with Gasteiger partial charge in [0.15, 0.2) is 0 Å². The Morgan fingerprint density at radius 3 is 2.28 bits per heavy atom. The molecule has 0 spiro atoms. The van der Waals surface area contributed by atoms with Crippen LogP contribution in [0.5, 0.6) is 0 Å². The van der Waals surface area contributed by atoms with Crippen molar-refractivity contribution in [2.24, 2.45) is 5.92 Å². The fourth-order valence-electron chi connectivity index (χ4n) is 1.76. The van der Waals surface area contributed by atoms with Crippen molar-refractivity contribution in [2.45, 2.75) is 19.4 Å². The van der Waals surface area contributed by atoms with E-state index in [1.807, 2.05) is 26.0 Å². The van der Waals surface area contributed by atoms with Gasteiger partial charge in [-0.05, 0) is 39.5 Å². The summed E-state index contributed by atoms with van der Waals surface area (Å²) in [6.07, 6.45) is 0.605. The summed E-state index contributed by atoms with van der Waals surface area (Å²) in [6, 6.07) is 3.64. The smallest absolute Gasteiger partial charge is 0.131 e. The van der Waals surface area contributed by atoms with E-state index in [0.29, 0.717) is 18.1 Å². The lowest BCUT2D eigenvalue weighted by Gasteiger charge is -2.10. The highest BCUT2D eigenvalue weighted by Gasteiger charge is 2.25. The van der Waals surface area contributed by atoms with Gasteiger partial charge < -0.3 is 9.64 Å². The van der Waals surface area contributed by atoms with Crippen molar-refractivity contribution in [2.75, 3.05) is 27.7 Å². The predicted molar refractivity (Wildman–Crippen MR) is 68.4 cm³/mol. The van der Waals surface area contributed by atoms with Crippen LogP contribution in [0.2, 0.25) is 0 Å². The van der Waals surface area contributed by atoms with Crippen LogP contribution in [-0.4, -0.2) is 32.6 Å². The molecular weight excluding hydrogens is 236 g/mol. The number of benzene rings is 1. The fraction of sp³-hybridized carbons (Fsp3) is 0.571. The summed E-state index contributed by atoms with van der Waals surface area (Å²) in [7, 11) is 6.00. The quantitative estimate of drug-likeness (QED) is 0.766. The molecule has 2 nitrogen and oxygen atoms in total. The molecule has 1 aliphatic rings. The Labute approximate surface area is 108 Å². The van der Waals surface area contributed by atoms with Crippen molar-refractivity contribution < 1.29 is 13.5 Å². The molecule has 1 heterocycles. The van der Waals surface area contributed by atoms with Gasteiger partial charge in [-0.2, -0.15) is 0 Å². The molecule has 0 aliphatic carbocycles. The molecule has 0 amide bonds. The molecular formula is C14H21F2NO. The summed E-state index contributed by atoms with van der Waals surface area (Å²) < 4.78 is 31.3. The molecule has 18 heavy (non-hydrogen) atoms. The second kappa shape index (κ2) is 6.81. The van der Waals surface area contributed by atoms with Gasteiger partial charge in [-0.15, -0.1) is 0 Å². The molecule has 1 aliphatic heterocycles. The van der Waals surface area contributed by atoms with Gasteiger partial charge in [-0.1, -0.05) is 13.0 Å². The molecule has 102 valence electrons. The van der Waals surface area contributed by atoms with E-state index in [1.165, 1.54) is 12.1 Å². The summed E-state index contributed by atoms with van der Waals surface area (Å²) in [5.74, 6) is -0.606. The third-order valence-electron chi connectivity index (χ3n) is 2.51. The lowest BCUT2D eigenvalue weighted by atomic mass is 10.0. The zero-order valence-electron chi connectivity index (χ0n) is 11.4. The van der Waals surface area contributed by atoms with Gasteiger partial charge in [0, 0.05) is 11.6 Å². The van der Waals surface area contributed by atoms with Gasteiger partial charge in [0.2, 0.25) is 0 Å². The Morgan fingerprint density at radius 2 is 1.83 bits per heavy atom. The zero-order valence-corrected chi connectivity index (χ0v) is 11.4. The second-order valence-corrected chi connectivity index (χ2v) is 5.17. The van der Waals surface area contributed by atoms with Gasteiger partial charge in [-0.25, -0.2) is 8.78 Å². The minimum Gasteiger partial charge on any atom is -0.373 e. The van der Waals surface area contributed by atoms with Gasteiger partial charge in [0.1, 0.15) is 11.6 Å². The molecule has 4 heteroatoms. The van der Waals surface area contributed by atoms with Crippen LogP contribution in [0.4, 0.5) is 8.78 Å². The van der Waals surface area contributed by atoms with Gasteiger partial charge in [0.25, 0.3) is 0 Å². The van der Waals surface area contributed by atoms with E-state index in [2.05, 4.69) is 6.92 Å². The van der Waals surface area contributed by atoms with Gasteiger partial charge in [0.05, 0.1) is 12.7 Å². The average Bonchev–Trinajstić information content (AvgIpc) is 2.63. The Morgan fingerprint density at radius 1 is 1.22 bits per heavy atom. The number of ether oxygens (including phenoxy) is 1. The van der Waals surface area contributed by atoms with Crippen molar-refractivity contribution in [1.29, 1.82) is 0 Å². The topological polar surface area (TPSA) is 12.5 Å². The number of hydrogen-bond acceptors (Lipinski definition) is 2. The highest BCUT2D eigenvalue weighted by atomic mass is 19.1. The van der Waals surface area contributed by atoms with E-state index < -0.39 is 11.6 Å². The molecule has 0 unspecified atom stereocenters. The molecule has 2 atom stereocenters. The van der Waals surface area contributed by atoms with Crippen LogP contribution in [0.1, 0.15) is 25.0 Å². The van der Waals surface area contributed by atoms with Crippen LogP contribution in [0.15, 0.2) is 18.2 Å². The van der Waals surface area contributed by atoms with Crippen molar-refractivity contribution in [3.05, 3.63) is 35.4 Å². The Balaban J connectivity index is 0.000000357. The molecule has 0 saturated carbocycles. The first kappa shape index (κ1) is 15.1. The van der Waals surface area contributed by atoms with Crippen LogP contribution in [0, 0.1) is 17.6 Å². The third-order valence-corrected chi connectivity index (χ3v) is 2.51. The van der Waals surface area contributed by atoms with Crippen molar-refractivity contribution >= 4 is 0 Å². The minimum absolute atomic E-state index is 0.203. The van der Waals surface area contributed by atoms with Gasteiger partial charge >= 0.3 is 0 Å². The number of rotatable bonds is 1. The third kappa shape index (κ3) is 4.70. The first-order valence-corrected chi connectivity index (χ1v) is 6.07. The molecule has 0 bridgehead atoms. The van der Waals surface area contributed by atoms with Crippen molar-refractivity contribution in [3.8, 4) is 0 Å². The predicted octanol–water partition coefficient (Wildman–Crippen LogP) is 3.24. The highest BCUT2D eigenvalue weighted by Crippen LogP contribution is 2.33. The second-order valence-electron chi connectivity index (χ2n) is 5.17. The van der Waals surface area contributed by atoms with E-state index in [0.717, 1.165) is 12.5 Å². The highest BCUT2D eigenvalue weighted by molar-refractivity contribution is 5.21. The molecule has 1 fully saturated rings. The first-order chi connectivity index (χ1) is 8.40. The normalized spacial score (nSPS) is 22.8. The molecule has 2 rings (SSSR count). The number of hydrogen-bond donors (Lipinski definition) is 0. The molecule has 1 saturated heterocycles. The first-order valence-electron chi connectivity index (χ1n) is 6.07. The van der Waals surface area contributed by atoms with Crippen LogP contribution in [0.3, 0.4) is 0 Å². The fourth-order valence-corrected chi connectivity index (χ4v) is 1.76. The van der Waals surface area contributed by atoms with E-state index in [1.54, 1.807) is 0 Å². The van der Waals surface area contributed by atoms with Gasteiger partial charge in [-0.3, -0.25) is 0 Å². The summed E-state index contributed by atoms with van der Waals surface area (Å²) >= 11 is 0. The molecule has 1 aromatic rings. The maximum atomic E-state index is 13.3. The van der Waals surface area contributed by atoms with E-state index >= 15 is 0 Å². The molecule has 0 N–H and O–H groups in total. The summed E-state index contributed by atoms with van der Waals surface area (Å²) in [5.41, 5.74) is 0.468. The molecule has 0 radical (unpaired) electrons. The average molecular weight is 257 g/mol. The Hall–Kier alpha value is -1.00. The van der Waals surface area contributed by atoms with Crippen LogP contribution in [0.25, 0.3) is 0 Å². The Bertz CT molecular complexity index is 379. The summed E-state index contributed by atoms with van der Waals surface area (Å²) in [4.78, 5) is 2.00. The van der Waals surface area contributed by atoms with E-state index in [9.17, 15) is 8.78 Å². The van der Waals surface area contributed by atoms with E-state index in [-0.39, 0.29) is 6.10 Å². The van der Waals surface area contributed by atoms with Crippen LogP contribution >= 0.6 is 0 Å². The summed E-state index contributed by atoms with van der Waals surface area (Å²) in [6.45, 7) is 2.71. The Kier molecular flexibility index (Phi) is 5.69. The maximum absolute atomic E-state index is 13.3. The standard InChI is InChI=1S/C11H12F2O.C3H9N/c1-7-4-11(14-6-7)9-3-2-8(12)5-10(9)13;1-4(2)3/h2-3,5,7,11H,4,6H2,1H3;1-3H3/t7-,11+;/m0./s1. The van der Waals surface area contributed by atoms with Crippen LogP contribution < -0.4 is 0 Å². The SMILES string of the molecule is CN(C)C.C[C@@H]1CO[C@@H](c2ccc(F)cc2F)C1. The number of halogens is 2. The summed E-state index contributed by atoms with van der Waals surface area (Å²) in [5, 5.41) is 0. The molecule has 0 aromatic heterocycles. The number of nitrogens with zero attached hydrogens (tertiary/aromatic N) is 1.